The van der Waals surface area contributed by atoms with Crippen LogP contribution >= 0.6 is 11.6 Å². The zero-order valence-electron chi connectivity index (χ0n) is 16.8. The third kappa shape index (κ3) is 5.08. The van der Waals surface area contributed by atoms with Crippen LogP contribution in [0.4, 0.5) is 0 Å². The topological polar surface area (TPSA) is 60.6 Å². The molecule has 7 heteroatoms. The molecule has 30 heavy (non-hydrogen) atoms. The number of aromatic nitrogens is 2. The third-order valence-corrected chi connectivity index (χ3v) is 5.68. The third-order valence-electron chi connectivity index (χ3n) is 5.31. The molecule has 0 bridgehead atoms. The number of halogens is 1. The molecule has 1 saturated heterocycles. The molecule has 6 nitrogen and oxygen atoms in total. The lowest BCUT2D eigenvalue weighted by Gasteiger charge is -2.23. The van der Waals surface area contributed by atoms with Crippen LogP contribution in [0.3, 0.4) is 0 Å². The number of benzene rings is 2. The number of nitrogens with zero attached hydrogens (tertiary/aromatic N) is 2. The van der Waals surface area contributed by atoms with E-state index in [1.54, 1.807) is 4.68 Å². The molecule has 2 aromatic carbocycles. The van der Waals surface area contributed by atoms with Crippen LogP contribution < -0.4 is 10.2 Å². The van der Waals surface area contributed by atoms with Crippen molar-refractivity contribution in [2.24, 2.45) is 0 Å². The first-order valence-electron chi connectivity index (χ1n) is 10.3. The maximum atomic E-state index is 13.0. The maximum absolute atomic E-state index is 13.0. The Bertz CT molecular complexity index is 984. The second kappa shape index (κ2) is 9.89. The largest absolute Gasteiger partial charge is 0.370 e. The summed E-state index contributed by atoms with van der Waals surface area (Å²) < 4.78 is 7.18. The Kier molecular flexibility index (Phi) is 6.79. The van der Waals surface area contributed by atoms with Crippen molar-refractivity contribution < 1.29 is 14.4 Å². The van der Waals surface area contributed by atoms with Gasteiger partial charge in [-0.05, 0) is 11.6 Å². The van der Waals surface area contributed by atoms with E-state index in [0.29, 0.717) is 29.4 Å². The monoisotopic (exact) mass is 425 g/mol. The minimum Gasteiger partial charge on any atom is -0.370 e. The summed E-state index contributed by atoms with van der Waals surface area (Å²) in [5, 5.41) is 8.46. The Balaban J connectivity index is 1.51. The Morgan fingerprint density at radius 2 is 1.83 bits per heavy atom. The molecule has 156 valence electrons. The Morgan fingerprint density at radius 1 is 1.10 bits per heavy atom. The predicted octanol–water partition coefficient (Wildman–Crippen LogP) is 1.90. The molecular weight excluding hydrogens is 400 g/mol. The molecule has 0 radical (unpaired) electrons. The summed E-state index contributed by atoms with van der Waals surface area (Å²) in [6.45, 7) is 5.57. The van der Waals surface area contributed by atoms with Gasteiger partial charge >= 0.3 is 0 Å². The molecule has 1 aliphatic heterocycles. The summed E-state index contributed by atoms with van der Waals surface area (Å²) in [4.78, 5) is 14.4. The second-order valence-corrected chi connectivity index (χ2v) is 7.82. The van der Waals surface area contributed by atoms with Gasteiger partial charge in [0.2, 0.25) is 0 Å². The second-order valence-electron chi connectivity index (χ2n) is 7.41. The Morgan fingerprint density at radius 3 is 2.60 bits per heavy atom. The van der Waals surface area contributed by atoms with Gasteiger partial charge in [0.15, 0.2) is 0 Å². The van der Waals surface area contributed by atoms with Gasteiger partial charge in [-0.25, -0.2) is 0 Å². The average Bonchev–Trinajstić information content (AvgIpc) is 3.21. The number of ether oxygens (including phenoxy) is 1. The molecule has 3 aromatic rings. The molecule has 2 N–H and O–H groups in total. The molecule has 0 atom stereocenters. The molecule has 1 aliphatic rings. The number of carbonyl (C=O) groups excluding carboxylic acids is 1. The zero-order valence-corrected chi connectivity index (χ0v) is 17.6. The molecule has 0 aliphatic carbocycles. The van der Waals surface area contributed by atoms with Crippen LogP contribution in [0.25, 0.3) is 11.3 Å². The lowest BCUT2D eigenvalue weighted by Crippen LogP contribution is -3.14. The standard InChI is InChI=1S/C23H25ClN4O2/c24-21-9-5-4-8-19(21)16-28-17-20(22(26-28)18-6-2-1-3-7-18)23(29)25-10-11-27-12-14-30-15-13-27/h1-9,17H,10-16H2,(H,25,29)/p+1. The van der Waals surface area contributed by atoms with E-state index in [1.807, 2.05) is 60.8 Å². The number of quaternary nitrogens is 1. The van der Waals surface area contributed by atoms with Crippen molar-refractivity contribution in [2.45, 2.75) is 6.54 Å². The summed E-state index contributed by atoms with van der Waals surface area (Å²) in [6.07, 6.45) is 1.81. The fourth-order valence-corrected chi connectivity index (χ4v) is 3.83. The summed E-state index contributed by atoms with van der Waals surface area (Å²) in [7, 11) is 0. The van der Waals surface area contributed by atoms with E-state index in [0.717, 1.165) is 44.0 Å². The zero-order chi connectivity index (χ0) is 20.8. The van der Waals surface area contributed by atoms with Crippen LogP contribution in [-0.2, 0) is 11.3 Å². The fourth-order valence-electron chi connectivity index (χ4n) is 3.64. The van der Waals surface area contributed by atoms with Crippen LogP contribution in [0.1, 0.15) is 15.9 Å². The van der Waals surface area contributed by atoms with Gasteiger partial charge in [-0.2, -0.15) is 5.10 Å². The van der Waals surface area contributed by atoms with Gasteiger partial charge in [-0.3, -0.25) is 9.48 Å². The van der Waals surface area contributed by atoms with E-state index in [4.69, 9.17) is 21.4 Å². The maximum Gasteiger partial charge on any atom is 0.255 e. The van der Waals surface area contributed by atoms with Crippen molar-refractivity contribution in [3.63, 3.8) is 0 Å². The number of carbonyl (C=O) groups is 1. The first kappa shape index (κ1) is 20.6. The summed E-state index contributed by atoms with van der Waals surface area (Å²) in [5.74, 6) is -0.105. The first-order valence-corrected chi connectivity index (χ1v) is 10.6. The van der Waals surface area contributed by atoms with Crippen molar-refractivity contribution in [2.75, 3.05) is 39.4 Å². The SMILES string of the molecule is O=C(NCC[NH+]1CCOCC1)c1cn(Cc2ccccc2Cl)nc1-c1ccccc1. The van der Waals surface area contributed by atoms with E-state index >= 15 is 0 Å². The van der Waals surface area contributed by atoms with Crippen LogP contribution in [0.15, 0.2) is 60.8 Å². The number of hydrogen-bond acceptors (Lipinski definition) is 3. The highest BCUT2D eigenvalue weighted by Crippen LogP contribution is 2.23. The number of rotatable bonds is 7. The molecule has 2 heterocycles. The van der Waals surface area contributed by atoms with Crippen LogP contribution in [0, 0.1) is 0 Å². The van der Waals surface area contributed by atoms with Crippen molar-refractivity contribution in [3.05, 3.63) is 76.9 Å². The first-order chi connectivity index (χ1) is 14.7. The molecular formula is C23H26ClN4O2+. The molecule has 1 aromatic heterocycles. The molecule has 1 amide bonds. The summed E-state index contributed by atoms with van der Waals surface area (Å²) in [5.41, 5.74) is 3.13. The van der Waals surface area contributed by atoms with Gasteiger partial charge in [-0.15, -0.1) is 0 Å². The highest BCUT2D eigenvalue weighted by molar-refractivity contribution is 6.31. The number of morpholine rings is 1. The van der Waals surface area contributed by atoms with Crippen molar-refractivity contribution in [1.29, 1.82) is 0 Å². The van der Waals surface area contributed by atoms with E-state index < -0.39 is 0 Å². The molecule has 4 rings (SSSR count). The lowest BCUT2D eigenvalue weighted by atomic mass is 10.1. The molecule has 0 unspecified atom stereocenters. The van der Waals surface area contributed by atoms with Crippen molar-refractivity contribution >= 4 is 17.5 Å². The number of hydrogen-bond donors (Lipinski definition) is 2. The van der Waals surface area contributed by atoms with Gasteiger partial charge < -0.3 is 15.0 Å². The normalized spacial score (nSPS) is 14.6. The molecule has 0 saturated carbocycles. The predicted molar refractivity (Wildman–Crippen MR) is 117 cm³/mol. The Labute approximate surface area is 181 Å². The van der Waals surface area contributed by atoms with E-state index in [-0.39, 0.29) is 5.91 Å². The summed E-state index contributed by atoms with van der Waals surface area (Å²) >= 11 is 6.31. The Hall–Kier alpha value is -2.67. The number of amides is 1. The highest BCUT2D eigenvalue weighted by atomic mass is 35.5. The van der Waals surface area contributed by atoms with Gasteiger partial charge in [0.1, 0.15) is 18.8 Å². The molecule has 1 fully saturated rings. The minimum atomic E-state index is -0.105. The quantitative estimate of drug-likeness (QED) is 0.607. The van der Waals surface area contributed by atoms with Gasteiger partial charge in [0.25, 0.3) is 5.91 Å². The highest BCUT2D eigenvalue weighted by Gasteiger charge is 2.19. The average molecular weight is 426 g/mol. The van der Waals surface area contributed by atoms with Crippen molar-refractivity contribution in [3.8, 4) is 11.3 Å². The molecule has 0 spiro atoms. The van der Waals surface area contributed by atoms with Crippen LogP contribution in [0.5, 0.6) is 0 Å². The summed E-state index contributed by atoms with van der Waals surface area (Å²) in [6, 6.07) is 17.5. The van der Waals surface area contributed by atoms with Crippen LogP contribution in [-0.4, -0.2) is 55.1 Å². The van der Waals surface area contributed by atoms with E-state index in [1.165, 1.54) is 4.90 Å². The van der Waals surface area contributed by atoms with E-state index in [2.05, 4.69) is 5.32 Å². The van der Waals surface area contributed by atoms with Gasteiger partial charge in [0, 0.05) is 16.8 Å². The van der Waals surface area contributed by atoms with E-state index in [9.17, 15) is 4.79 Å². The van der Waals surface area contributed by atoms with Gasteiger partial charge in [-0.1, -0.05) is 60.1 Å². The van der Waals surface area contributed by atoms with Gasteiger partial charge in [0.05, 0.1) is 38.4 Å². The fraction of sp³-hybridized carbons (Fsp3) is 0.304. The lowest BCUT2D eigenvalue weighted by molar-refractivity contribution is -0.906. The minimum absolute atomic E-state index is 0.105. The van der Waals surface area contributed by atoms with Crippen LogP contribution in [0.2, 0.25) is 5.02 Å². The number of nitrogens with one attached hydrogen (secondary N) is 2. The van der Waals surface area contributed by atoms with Crippen molar-refractivity contribution in [1.82, 2.24) is 15.1 Å². The smallest absolute Gasteiger partial charge is 0.255 e.